The lowest BCUT2D eigenvalue weighted by Gasteiger charge is -2.38. The number of hydrogen-bond acceptors (Lipinski definition) is 7. The summed E-state index contributed by atoms with van der Waals surface area (Å²) in [6.07, 6.45) is 0.0240. The molecular formula is C34H37ClF4N6O2S. The number of hydrogen-bond donors (Lipinski definition) is 1. The zero-order valence-corrected chi connectivity index (χ0v) is 28.6. The summed E-state index contributed by atoms with van der Waals surface area (Å²) in [4.78, 5) is 43.8. The molecule has 4 aliphatic heterocycles. The van der Waals surface area contributed by atoms with E-state index in [0.717, 1.165) is 31.5 Å². The summed E-state index contributed by atoms with van der Waals surface area (Å²) in [5.41, 5.74) is -0.963. The van der Waals surface area contributed by atoms with Crippen molar-refractivity contribution in [2.45, 2.75) is 88.8 Å². The largest absolute Gasteiger partial charge is 0.419 e. The average Bonchev–Trinajstić information content (AvgIpc) is 3.34. The number of likely N-dealkylation sites (tertiary alicyclic amines) is 1. The van der Waals surface area contributed by atoms with Crippen molar-refractivity contribution in [3.05, 3.63) is 74.8 Å². The van der Waals surface area contributed by atoms with E-state index in [1.807, 2.05) is 37.5 Å². The van der Waals surface area contributed by atoms with Crippen LogP contribution in [-0.4, -0.2) is 73.9 Å². The zero-order chi connectivity index (χ0) is 34.3. The highest BCUT2D eigenvalue weighted by Gasteiger charge is 2.55. The predicted molar refractivity (Wildman–Crippen MR) is 175 cm³/mol. The number of nitrogens with zero attached hydrogens (tertiary/aromatic N) is 5. The van der Waals surface area contributed by atoms with Crippen LogP contribution in [0.4, 0.5) is 17.6 Å². The second-order valence-electron chi connectivity index (χ2n) is 14.0. The van der Waals surface area contributed by atoms with E-state index in [4.69, 9.17) is 16.6 Å². The number of nitrogens with one attached hydrogen (secondary N) is 1. The number of carbonyl (C=O) groups is 2. The molecule has 3 fully saturated rings. The number of carbonyl (C=O) groups excluding carboxylic acids is 2. The van der Waals surface area contributed by atoms with Gasteiger partial charge >= 0.3 is 6.18 Å². The molecule has 1 aliphatic carbocycles. The van der Waals surface area contributed by atoms with E-state index in [1.165, 1.54) is 17.8 Å². The molecule has 8 nitrogen and oxygen atoms in total. The van der Waals surface area contributed by atoms with Crippen LogP contribution in [0.1, 0.15) is 76.1 Å². The van der Waals surface area contributed by atoms with E-state index in [2.05, 4.69) is 10.3 Å². The van der Waals surface area contributed by atoms with Gasteiger partial charge in [-0.1, -0.05) is 37.6 Å². The van der Waals surface area contributed by atoms with E-state index in [1.54, 1.807) is 23.2 Å². The van der Waals surface area contributed by atoms with Crippen molar-refractivity contribution in [2.24, 2.45) is 10.9 Å². The van der Waals surface area contributed by atoms with Crippen molar-refractivity contribution >= 4 is 40.3 Å². The SMILES string of the molecule is CC(C)C1=C(C(=O)N2[C@H](C)CC[C@H]2C(=O)N2CCNC3(CC3)C2)SC2=N[C@@](C)(c3ccc(Cl)nc3)[C@@H](c3ccc(C(F)(F)F)c(F)c3)N21. The molecule has 2 saturated heterocycles. The minimum Gasteiger partial charge on any atom is -0.338 e. The normalized spacial score (nSPS) is 28.1. The molecule has 48 heavy (non-hydrogen) atoms. The molecule has 7 rings (SSSR count). The fourth-order valence-electron chi connectivity index (χ4n) is 7.77. The number of pyridine rings is 1. The number of aliphatic imine (C=N–C) groups is 1. The van der Waals surface area contributed by atoms with Crippen LogP contribution in [0.2, 0.25) is 5.15 Å². The molecule has 5 aliphatic rings. The van der Waals surface area contributed by atoms with Crippen LogP contribution in [0, 0.1) is 11.7 Å². The molecule has 0 radical (unpaired) electrons. The highest BCUT2D eigenvalue weighted by atomic mass is 35.5. The molecule has 4 atom stereocenters. The van der Waals surface area contributed by atoms with E-state index >= 15 is 4.39 Å². The Morgan fingerprint density at radius 3 is 2.52 bits per heavy atom. The fraction of sp³-hybridized carbons (Fsp3) is 0.529. The number of benzene rings is 1. The van der Waals surface area contributed by atoms with Crippen LogP contribution in [0.15, 0.2) is 52.1 Å². The molecule has 1 saturated carbocycles. The summed E-state index contributed by atoms with van der Waals surface area (Å²) in [6.45, 7) is 9.60. The first-order valence-corrected chi connectivity index (χ1v) is 17.5. The standard InChI is InChI=1S/C34H37ClF4N6O2S/c1-18(2)26-27(30(47)44-19(3)5-9-24(44)29(46)43-14-13-41-33(17-43)11-12-33)48-31-42-32(4,21-7-10-25(35)40-16-21)28(45(26)31)20-6-8-22(23(36)15-20)34(37,38)39/h6-8,10,15-16,18-19,24,28,41H,5,9,11-14,17H2,1-4H3/t19-,24+,28-,32+/m1/s1. The van der Waals surface area contributed by atoms with E-state index < -0.39 is 35.2 Å². The second-order valence-corrected chi connectivity index (χ2v) is 15.4. The monoisotopic (exact) mass is 704 g/mol. The first-order valence-electron chi connectivity index (χ1n) is 16.3. The van der Waals surface area contributed by atoms with Crippen LogP contribution < -0.4 is 5.32 Å². The van der Waals surface area contributed by atoms with Gasteiger partial charge in [0.2, 0.25) is 5.91 Å². The first kappa shape index (κ1) is 33.3. The number of allylic oxidation sites excluding steroid dienone is 1. The van der Waals surface area contributed by atoms with E-state index in [0.29, 0.717) is 47.3 Å². The third-order valence-corrected chi connectivity index (χ3v) is 11.7. The topological polar surface area (TPSA) is 81.1 Å². The average molecular weight is 705 g/mol. The number of amidine groups is 1. The summed E-state index contributed by atoms with van der Waals surface area (Å²) in [7, 11) is 0. The van der Waals surface area contributed by atoms with Gasteiger partial charge < -0.3 is 20.0 Å². The van der Waals surface area contributed by atoms with Gasteiger partial charge in [-0.15, -0.1) is 0 Å². The summed E-state index contributed by atoms with van der Waals surface area (Å²) in [5, 5.41) is 4.26. The lowest BCUT2D eigenvalue weighted by molar-refractivity contribution is -0.144. The minimum absolute atomic E-state index is 0.00350. The maximum atomic E-state index is 15.2. The molecule has 1 aromatic carbocycles. The fourth-order valence-corrected chi connectivity index (χ4v) is 9.23. The van der Waals surface area contributed by atoms with Crippen LogP contribution in [0.3, 0.4) is 0 Å². The molecule has 2 aromatic rings. The van der Waals surface area contributed by atoms with Crippen molar-refractivity contribution < 1.29 is 27.2 Å². The van der Waals surface area contributed by atoms with Crippen molar-refractivity contribution in [1.82, 2.24) is 25.0 Å². The Kier molecular flexibility index (Phi) is 8.14. The van der Waals surface area contributed by atoms with Crippen molar-refractivity contribution in [2.75, 3.05) is 19.6 Å². The van der Waals surface area contributed by atoms with Crippen molar-refractivity contribution in [1.29, 1.82) is 0 Å². The lowest BCUT2D eigenvalue weighted by Crippen LogP contribution is -2.58. The van der Waals surface area contributed by atoms with Gasteiger partial charge in [-0.3, -0.25) is 9.59 Å². The summed E-state index contributed by atoms with van der Waals surface area (Å²) >= 11 is 7.28. The van der Waals surface area contributed by atoms with Crippen molar-refractivity contribution in [3.8, 4) is 0 Å². The van der Waals surface area contributed by atoms with Gasteiger partial charge in [0, 0.05) is 48.7 Å². The molecule has 5 heterocycles. The molecule has 2 amide bonds. The number of fused-ring (bicyclic) bond motifs is 1. The molecule has 1 spiro atoms. The van der Waals surface area contributed by atoms with Gasteiger partial charge in [-0.05, 0) is 81.0 Å². The molecular weight excluding hydrogens is 668 g/mol. The number of rotatable bonds is 5. The van der Waals surface area contributed by atoms with Gasteiger partial charge in [0.25, 0.3) is 5.91 Å². The number of halogens is 5. The maximum Gasteiger partial charge on any atom is 0.419 e. The molecule has 0 unspecified atom stereocenters. The molecule has 0 bridgehead atoms. The summed E-state index contributed by atoms with van der Waals surface area (Å²) in [5.74, 6) is -1.93. The smallest absolute Gasteiger partial charge is 0.338 e. The van der Waals surface area contributed by atoms with Crippen LogP contribution in [0.25, 0.3) is 0 Å². The Balaban J connectivity index is 1.28. The number of alkyl halides is 3. The third kappa shape index (κ3) is 5.49. The van der Waals surface area contributed by atoms with Gasteiger partial charge in [0.15, 0.2) is 5.17 Å². The Bertz CT molecular complexity index is 1730. The lowest BCUT2D eigenvalue weighted by atomic mass is 9.81. The summed E-state index contributed by atoms with van der Waals surface area (Å²) < 4.78 is 55.9. The van der Waals surface area contributed by atoms with Crippen molar-refractivity contribution in [3.63, 3.8) is 0 Å². The van der Waals surface area contributed by atoms with E-state index in [9.17, 15) is 22.8 Å². The summed E-state index contributed by atoms with van der Waals surface area (Å²) in [6, 6.07) is 4.71. The number of thioether (sulfide) groups is 1. The predicted octanol–water partition coefficient (Wildman–Crippen LogP) is 6.48. The number of amides is 2. The Hall–Kier alpha value is -3.16. The van der Waals surface area contributed by atoms with Crippen LogP contribution >= 0.6 is 23.4 Å². The number of aromatic nitrogens is 1. The zero-order valence-electron chi connectivity index (χ0n) is 27.1. The van der Waals surface area contributed by atoms with Gasteiger partial charge in [0.1, 0.15) is 27.5 Å². The maximum absolute atomic E-state index is 15.2. The Morgan fingerprint density at radius 1 is 1.15 bits per heavy atom. The molecule has 256 valence electrons. The van der Waals surface area contributed by atoms with E-state index in [-0.39, 0.29) is 40.0 Å². The second kappa shape index (κ2) is 11.7. The molecule has 14 heteroatoms. The van der Waals surface area contributed by atoms with Gasteiger partial charge in [-0.25, -0.2) is 14.4 Å². The quantitative estimate of drug-likeness (QED) is 0.284. The molecule has 1 N–H and O–H groups in total. The third-order valence-electron chi connectivity index (χ3n) is 10.4. The molecule has 1 aromatic heterocycles. The minimum atomic E-state index is -4.86. The highest BCUT2D eigenvalue weighted by Crippen LogP contribution is 2.57. The Labute approximate surface area is 286 Å². The first-order chi connectivity index (χ1) is 22.6. The van der Waals surface area contributed by atoms with Crippen LogP contribution in [0.5, 0.6) is 0 Å². The van der Waals surface area contributed by atoms with Gasteiger partial charge in [-0.2, -0.15) is 13.2 Å². The Morgan fingerprint density at radius 2 is 1.90 bits per heavy atom. The van der Waals surface area contributed by atoms with Gasteiger partial charge in [0.05, 0.1) is 11.6 Å². The number of piperazine rings is 1. The highest BCUT2D eigenvalue weighted by molar-refractivity contribution is 8.18. The van der Waals surface area contributed by atoms with Crippen LogP contribution in [-0.2, 0) is 21.3 Å².